The fourth-order valence-electron chi connectivity index (χ4n) is 2.91. The molecule has 0 amide bonds. The first kappa shape index (κ1) is 14.7. The first-order valence-corrected chi connectivity index (χ1v) is 8.88. The minimum Gasteiger partial charge on any atom is -0.352 e. The van der Waals surface area contributed by atoms with Crippen molar-refractivity contribution in [1.29, 1.82) is 0 Å². The summed E-state index contributed by atoms with van der Waals surface area (Å²) in [6.45, 7) is 7.40. The van der Waals surface area contributed by atoms with Crippen molar-refractivity contribution in [2.24, 2.45) is 0 Å². The Morgan fingerprint density at radius 1 is 1.33 bits per heavy atom. The van der Waals surface area contributed by atoms with E-state index < -0.39 is 0 Å². The van der Waals surface area contributed by atoms with E-state index in [4.69, 9.17) is 4.98 Å². The monoisotopic (exact) mass is 301 g/mol. The van der Waals surface area contributed by atoms with Gasteiger partial charge in [-0.1, -0.05) is 31.2 Å². The number of fused-ring (bicyclic) bond motifs is 1. The molecule has 2 aromatic rings. The first-order valence-electron chi connectivity index (χ1n) is 7.73. The Morgan fingerprint density at radius 3 is 2.90 bits per heavy atom. The summed E-state index contributed by atoms with van der Waals surface area (Å²) < 4.78 is 0. The molecular formula is C17H23N3S. The molecule has 0 radical (unpaired) electrons. The zero-order chi connectivity index (χ0) is 14.7. The lowest BCUT2D eigenvalue weighted by Gasteiger charge is -2.35. The van der Waals surface area contributed by atoms with Gasteiger partial charge >= 0.3 is 0 Å². The molecule has 0 saturated carbocycles. The average Bonchev–Trinajstić information content (AvgIpc) is 2.53. The molecule has 1 fully saturated rings. The first-order chi connectivity index (χ1) is 10.3. The molecule has 21 heavy (non-hydrogen) atoms. The number of hydrogen-bond donors (Lipinski definition) is 1. The maximum atomic E-state index is 4.81. The fourth-order valence-corrected chi connectivity index (χ4v) is 3.92. The number of nitrogens with zero attached hydrogens (tertiary/aromatic N) is 2. The van der Waals surface area contributed by atoms with E-state index in [2.05, 4.69) is 54.5 Å². The Labute approximate surface area is 131 Å². The molecule has 1 aliphatic heterocycles. The summed E-state index contributed by atoms with van der Waals surface area (Å²) in [5, 5.41) is 6.02. The summed E-state index contributed by atoms with van der Waals surface area (Å²) in [5.74, 6) is 3.54. The molecule has 0 spiro atoms. The van der Waals surface area contributed by atoms with Crippen molar-refractivity contribution in [3.05, 3.63) is 36.0 Å². The van der Waals surface area contributed by atoms with Crippen molar-refractivity contribution >= 4 is 28.4 Å². The van der Waals surface area contributed by atoms with Crippen LogP contribution < -0.4 is 10.2 Å². The second kappa shape index (κ2) is 6.67. The van der Waals surface area contributed by atoms with Crippen molar-refractivity contribution in [3.8, 4) is 0 Å². The fraction of sp³-hybridized carbons (Fsp3) is 0.471. The quantitative estimate of drug-likeness (QED) is 0.938. The highest BCUT2D eigenvalue weighted by Crippen LogP contribution is 2.30. The highest BCUT2D eigenvalue weighted by molar-refractivity contribution is 7.99. The number of anilines is 1. The Kier molecular flexibility index (Phi) is 4.66. The third-order valence-electron chi connectivity index (χ3n) is 4.06. The lowest BCUT2D eigenvalue weighted by Crippen LogP contribution is -2.41. The van der Waals surface area contributed by atoms with Crippen LogP contribution >= 0.6 is 11.8 Å². The van der Waals surface area contributed by atoms with Gasteiger partial charge < -0.3 is 10.2 Å². The van der Waals surface area contributed by atoms with Gasteiger partial charge in [-0.15, -0.1) is 0 Å². The number of nitrogens with one attached hydrogen (secondary N) is 1. The molecule has 1 N–H and O–H groups in total. The van der Waals surface area contributed by atoms with Gasteiger partial charge in [0.1, 0.15) is 5.82 Å². The number of thioether (sulfide) groups is 1. The molecule has 2 heterocycles. The Hall–Kier alpha value is -1.26. The van der Waals surface area contributed by atoms with Gasteiger partial charge in [0.2, 0.25) is 0 Å². The van der Waals surface area contributed by atoms with Crippen LogP contribution in [0.4, 0.5) is 5.82 Å². The van der Waals surface area contributed by atoms with Gasteiger partial charge in [0, 0.05) is 42.2 Å². The van der Waals surface area contributed by atoms with Crippen LogP contribution in [0.1, 0.15) is 19.4 Å². The van der Waals surface area contributed by atoms with E-state index in [9.17, 15) is 0 Å². The molecule has 0 aliphatic carbocycles. The predicted molar refractivity (Wildman–Crippen MR) is 93.3 cm³/mol. The predicted octanol–water partition coefficient (Wildman–Crippen LogP) is 3.29. The van der Waals surface area contributed by atoms with Crippen molar-refractivity contribution in [1.82, 2.24) is 10.3 Å². The smallest absolute Gasteiger partial charge is 0.136 e. The van der Waals surface area contributed by atoms with Crippen LogP contribution in [0, 0.1) is 0 Å². The van der Waals surface area contributed by atoms with Crippen molar-refractivity contribution in [3.63, 3.8) is 0 Å². The van der Waals surface area contributed by atoms with Gasteiger partial charge in [-0.2, -0.15) is 11.8 Å². The van der Waals surface area contributed by atoms with Crippen LogP contribution in [0.5, 0.6) is 0 Å². The van der Waals surface area contributed by atoms with E-state index >= 15 is 0 Å². The molecule has 1 unspecified atom stereocenters. The van der Waals surface area contributed by atoms with E-state index in [-0.39, 0.29) is 0 Å². The second-order valence-corrected chi connectivity index (χ2v) is 6.70. The van der Waals surface area contributed by atoms with E-state index in [0.717, 1.165) is 25.5 Å². The number of benzene rings is 1. The maximum Gasteiger partial charge on any atom is 0.136 e. The van der Waals surface area contributed by atoms with Crippen molar-refractivity contribution in [2.75, 3.05) is 29.5 Å². The Bertz CT molecular complexity index is 614. The number of aromatic nitrogens is 1. The number of hydrogen-bond acceptors (Lipinski definition) is 4. The van der Waals surface area contributed by atoms with Crippen LogP contribution in [0.25, 0.3) is 10.8 Å². The molecule has 3 rings (SSSR count). The SMILES string of the molecule is CCNCc1cnc(N2CCSCC2C)c2ccccc12. The number of pyridine rings is 1. The minimum absolute atomic E-state index is 0.555. The van der Waals surface area contributed by atoms with Gasteiger partial charge in [0.05, 0.1) is 0 Å². The molecule has 1 atom stereocenters. The molecule has 1 aromatic heterocycles. The molecule has 112 valence electrons. The zero-order valence-electron chi connectivity index (χ0n) is 12.8. The van der Waals surface area contributed by atoms with Gasteiger partial charge in [-0.25, -0.2) is 4.98 Å². The lowest BCUT2D eigenvalue weighted by molar-refractivity contribution is 0.691. The molecule has 1 saturated heterocycles. The summed E-state index contributed by atoms with van der Waals surface area (Å²) in [4.78, 5) is 7.28. The highest BCUT2D eigenvalue weighted by Gasteiger charge is 2.22. The number of rotatable bonds is 4. The summed E-state index contributed by atoms with van der Waals surface area (Å²) in [5.41, 5.74) is 1.29. The molecule has 0 bridgehead atoms. The summed E-state index contributed by atoms with van der Waals surface area (Å²) in [6, 6.07) is 9.22. The van der Waals surface area contributed by atoms with Crippen LogP contribution in [0.2, 0.25) is 0 Å². The van der Waals surface area contributed by atoms with E-state index in [1.165, 1.54) is 27.8 Å². The average molecular weight is 301 g/mol. The summed E-state index contributed by atoms with van der Waals surface area (Å²) >= 11 is 2.04. The van der Waals surface area contributed by atoms with Crippen LogP contribution in [-0.2, 0) is 6.54 Å². The van der Waals surface area contributed by atoms with Crippen LogP contribution in [0.15, 0.2) is 30.5 Å². The van der Waals surface area contributed by atoms with E-state index in [0.29, 0.717) is 6.04 Å². The largest absolute Gasteiger partial charge is 0.352 e. The standard InChI is InChI=1S/C17H23N3S/c1-3-18-10-14-11-19-17(16-7-5-4-6-15(14)16)20-8-9-21-12-13(20)2/h4-7,11,13,18H,3,8-10,12H2,1-2H3. The van der Waals surface area contributed by atoms with E-state index in [1.807, 2.05) is 11.8 Å². The maximum absolute atomic E-state index is 4.81. The molecule has 4 heteroatoms. The van der Waals surface area contributed by atoms with E-state index in [1.54, 1.807) is 0 Å². The van der Waals surface area contributed by atoms with Gasteiger partial charge in [0.15, 0.2) is 0 Å². The normalized spacial score (nSPS) is 19.1. The van der Waals surface area contributed by atoms with Crippen molar-refractivity contribution in [2.45, 2.75) is 26.4 Å². The summed E-state index contributed by atoms with van der Waals surface area (Å²) in [6.07, 6.45) is 2.05. The van der Waals surface area contributed by atoms with Crippen molar-refractivity contribution < 1.29 is 0 Å². The molecule has 1 aliphatic rings. The van der Waals surface area contributed by atoms with Gasteiger partial charge in [-0.3, -0.25) is 0 Å². The Balaban J connectivity index is 2.03. The molecule has 1 aromatic carbocycles. The zero-order valence-corrected chi connectivity index (χ0v) is 13.6. The highest BCUT2D eigenvalue weighted by atomic mass is 32.2. The molecular weight excluding hydrogens is 278 g/mol. The topological polar surface area (TPSA) is 28.2 Å². The van der Waals surface area contributed by atoms with Crippen LogP contribution in [0.3, 0.4) is 0 Å². The Morgan fingerprint density at radius 2 is 2.14 bits per heavy atom. The second-order valence-electron chi connectivity index (χ2n) is 5.55. The lowest BCUT2D eigenvalue weighted by atomic mass is 10.1. The third kappa shape index (κ3) is 3.01. The summed E-state index contributed by atoms with van der Waals surface area (Å²) in [7, 11) is 0. The third-order valence-corrected chi connectivity index (χ3v) is 5.25. The van der Waals surface area contributed by atoms with Gasteiger partial charge in [-0.05, 0) is 24.4 Å². The van der Waals surface area contributed by atoms with Gasteiger partial charge in [0.25, 0.3) is 0 Å². The molecule has 3 nitrogen and oxygen atoms in total. The minimum atomic E-state index is 0.555. The van der Waals surface area contributed by atoms with Crippen LogP contribution in [-0.4, -0.2) is 35.6 Å².